The molecule has 0 aliphatic rings. The van der Waals surface area contributed by atoms with Crippen molar-refractivity contribution in [1.82, 2.24) is 9.88 Å². The minimum absolute atomic E-state index is 0.297. The molecule has 1 aromatic rings. The van der Waals surface area contributed by atoms with Gasteiger partial charge in [0.1, 0.15) is 0 Å². The van der Waals surface area contributed by atoms with Gasteiger partial charge in [0.05, 0.1) is 12.8 Å². The summed E-state index contributed by atoms with van der Waals surface area (Å²) in [5.41, 5.74) is 0.698. The molecule has 0 N–H and O–H groups in total. The predicted octanol–water partition coefficient (Wildman–Crippen LogP) is 0.857. The number of nitrogens with zero attached hydrogens (tertiary/aromatic N) is 2. The van der Waals surface area contributed by atoms with Crippen molar-refractivity contribution < 1.29 is 9.53 Å². The lowest BCUT2D eigenvalue weighted by Crippen LogP contribution is -2.29. The van der Waals surface area contributed by atoms with E-state index in [1.165, 1.54) is 7.11 Å². The van der Waals surface area contributed by atoms with Crippen LogP contribution in [0.25, 0.3) is 0 Å². The summed E-state index contributed by atoms with van der Waals surface area (Å²) in [6, 6.07) is 5.04. The smallest absolute Gasteiger partial charge is 0.329 e. The molecule has 0 radical (unpaired) electrons. The maximum atomic E-state index is 11.5. The second-order valence-electron chi connectivity index (χ2n) is 3.14. The van der Waals surface area contributed by atoms with E-state index < -0.39 is 6.04 Å². The summed E-state index contributed by atoms with van der Waals surface area (Å²) in [6.07, 6.45) is 1.66. The molecule has 0 bridgehead atoms. The first-order valence-electron chi connectivity index (χ1n) is 4.32. The van der Waals surface area contributed by atoms with Crippen LogP contribution in [-0.4, -0.2) is 37.1 Å². The van der Waals surface area contributed by atoms with E-state index in [9.17, 15) is 4.79 Å². The third-order valence-corrected chi connectivity index (χ3v) is 1.91. The highest BCUT2D eigenvalue weighted by molar-refractivity contribution is 5.76. The third kappa shape index (κ3) is 2.29. The van der Waals surface area contributed by atoms with Crippen LogP contribution in [0.4, 0.5) is 0 Å². The molecule has 0 amide bonds. The standard InChI is InChI=1S/C10H14N2O2/c1-12(2)9(10(13)14-3)8-6-4-5-7-11-8/h4-7,9H,1-3H3. The quantitative estimate of drug-likeness (QED) is 0.669. The van der Waals surface area contributed by atoms with Crippen LogP contribution in [0.2, 0.25) is 0 Å². The van der Waals surface area contributed by atoms with Gasteiger partial charge in [0, 0.05) is 6.20 Å². The van der Waals surface area contributed by atoms with E-state index in [2.05, 4.69) is 4.98 Å². The topological polar surface area (TPSA) is 42.4 Å². The van der Waals surface area contributed by atoms with Crippen LogP contribution in [0.3, 0.4) is 0 Å². The van der Waals surface area contributed by atoms with Gasteiger partial charge in [-0.1, -0.05) is 6.07 Å². The molecule has 0 saturated heterocycles. The van der Waals surface area contributed by atoms with Gasteiger partial charge in [-0.2, -0.15) is 0 Å². The zero-order valence-corrected chi connectivity index (χ0v) is 8.60. The van der Waals surface area contributed by atoms with Gasteiger partial charge in [-0.05, 0) is 26.2 Å². The van der Waals surface area contributed by atoms with Gasteiger partial charge in [-0.15, -0.1) is 0 Å². The number of hydrogen-bond donors (Lipinski definition) is 0. The first-order chi connectivity index (χ1) is 6.66. The van der Waals surface area contributed by atoms with Crippen molar-refractivity contribution in [1.29, 1.82) is 0 Å². The highest BCUT2D eigenvalue weighted by Gasteiger charge is 2.24. The number of carbonyl (C=O) groups excluding carboxylic acids is 1. The van der Waals surface area contributed by atoms with E-state index in [1.54, 1.807) is 11.1 Å². The van der Waals surface area contributed by atoms with Gasteiger partial charge in [0.25, 0.3) is 0 Å². The summed E-state index contributed by atoms with van der Waals surface area (Å²) >= 11 is 0. The van der Waals surface area contributed by atoms with Crippen molar-refractivity contribution in [2.24, 2.45) is 0 Å². The second-order valence-corrected chi connectivity index (χ2v) is 3.14. The Kier molecular flexibility index (Phi) is 3.59. The number of ether oxygens (including phenoxy) is 1. The Hall–Kier alpha value is -1.42. The summed E-state index contributed by atoms with van der Waals surface area (Å²) < 4.78 is 4.71. The maximum absolute atomic E-state index is 11.5. The number of aromatic nitrogens is 1. The average Bonchev–Trinajstić information content (AvgIpc) is 2.19. The minimum Gasteiger partial charge on any atom is -0.468 e. The molecule has 1 aromatic heterocycles. The van der Waals surface area contributed by atoms with Crippen molar-refractivity contribution >= 4 is 5.97 Å². The second kappa shape index (κ2) is 4.72. The molecule has 4 nitrogen and oxygen atoms in total. The van der Waals surface area contributed by atoms with E-state index in [-0.39, 0.29) is 5.97 Å². The van der Waals surface area contributed by atoms with Crippen molar-refractivity contribution in [3.8, 4) is 0 Å². The number of pyridine rings is 1. The molecule has 1 unspecified atom stereocenters. The predicted molar refractivity (Wildman–Crippen MR) is 52.7 cm³/mol. The van der Waals surface area contributed by atoms with E-state index in [0.717, 1.165) is 0 Å². The van der Waals surface area contributed by atoms with Crippen LogP contribution in [0, 0.1) is 0 Å². The molecule has 0 fully saturated rings. The Morgan fingerprint density at radius 3 is 2.64 bits per heavy atom. The third-order valence-electron chi connectivity index (χ3n) is 1.91. The molecule has 1 heterocycles. The number of hydrogen-bond acceptors (Lipinski definition) is 4. The Bertz CT molecular complexity index is 298. The average molecular weight is 194 g/mol. The number of likely N-dealkylation sites (N-methyl/N-ethyl adjacent to an activating group) is 1. The van der Waals surface area contributed by atoms with Crippen molar-refractivity contribution in [2.75, 3.05) is 21.2 Å². The van der Waals surface area contributed by atoms with Gasteiger partial charge in [-0.25, -0.2) is 4.79 Å². The summed E-state index contributed by atoms with van der Waals surface area (Å²) in [6.45, 7) is 0. The normalized spacial score (nSPS) is 12.6. The molecule has 4 heteroatoms. The van der Waals surface area contributed by atoms with E-state index in [4.69, 9.17) is 4.74 Å². The van der Waals surface area contributed by atoms with E-state index in [1.807, 2.05) is 32.3 Å². The van der Waals surface area contributed by atoms with E-state index in [0.29, 0.717) is 5.69 Å². The molecular formula is C10H14N2O2. The van der Waals surface area contributed by atoms with Crippen LogP contribution in [-0.2, 0) is 9.53 Å². The molecule has 0 aliphatic heterocycles. The molecular weight excluding hydrogens is 180 g/mol. The lowest BCUT2D eigenvalue weighted by Gasteiger charge is -2.20. The molecule has 0 spiro atoms. The maximum Gasteiger partial charge on any atom is 0.329 e. The zero-order valence-electron chi connectivity index (χ0n) is 8.60. The highest BCUT2D eigenvalue weighted by atomic mass is 16.5. The lowest BCUT2D eigenvalue weighted by atomic mass is 10.2. The van der Waals surface area contributed by atoms with Crippen LogP contribution in [0.1, 0.15) is 11.7 Å². The largest absolute Gasteiger partial charge is 0.468 e. The molecule has 1 atom stereocenters. The summed E-state index contributed by atoms with van der Waals surface area (Å²) in [7, 11) is 5.01. The molecule has 1 rings (SSSR count). The van der Waals surface area contributed by atoms with Crippen molar-refractivity contribution in [3.05, 3.63) is 30.1 Å². The SMILES string of the molecule is COC(=O)C(c1ccccn1)N(C)C. The van der Waals surface area contributed by atoms with Gasteiger partial charge in [0.2, 0.25) is 0 Å². The van der Waals surface area contributed by atoms with Crippen LogP contribution in [0.5, 0.6) is 0 Å². The van der Waals surface area contributed by atoms with Crippen LogP contribution in [0.15, 0.2) is 24.4 Å². The molecule has 76 valence electrons. The Labute approximate surface area is 83.5 Å². The molecule has 0 aromatic carbocycles. The summed E-state index contributed by atoms with van der Waals surface area (Å²) in [5.74, 6) is -0.297. The molecule has 0 saturated carbocycles. The van der Waals surface area contributed by atoms with Crippen LogP contribution < -0.4 is 0 Å². The molecule has 0 aliphatic carbocycles. The number of esters is 1. The fourth-order valence-corrected chi connectivity index (χ4v) is 1.25. The summed E-state index contributed by atoms with van der Waals surface area (Å²) in [5, 5.41) is 0. The van der Waals surface area contributed by atoms with Gasteiger partial charge >= 0.3 is 5.97 Å². The zero-order chi connectivity index (χ0) is 10.6. The van der Waals surface area contributed by atoms with E-state index >= 15 is 0 Å². The number of carbonyl (C=O) groups is 1. The fraction of sp³-hybridized carbons (Fsp3) is 0.400. The first kappa shape index (κ1) is 10.7. The number of methoxy groups -OCH3 is 1. The first-order valence-corrected chi connectivity index (χ1v) is 4.32. The van der Waals surface area contributed by atoms with Crippen molar-refractivity contribution in [2.45, 2.75) is 6.04 Å². The van der Waals surface area contributed by atoms with Crippen LogP contribution >= 0.6 is 0 Å². The Morgan fingerprint density at radius 2 is 2.21 bits per heavy atom. The van der Waals surface area contributed by atoms with Gasteiger partial charge in [0.15, 0.2) is 6.04 Å². The highest BCUT2D eigenvalue weighted by Crippen LogP contribution is 2.16. The Balaban J connectivity index is 2.95. The summed E-state index contributed by atoms with van der Waals surface area (Å²) in [4.78, 5) is 17.3. The van der Waals surface area contributed by atoms with Crippen molar-refractivity contribution in [3.63, 3.8) is 0 Å². The molecule has 14 heavy (non-hydrogen) atoms. The monoisotopic (exact) mass is 194 g/mol. The van der Waals surface area contributed by atoms with Gasteiger partial charge in [-0.3, -0.25) is 9.88 Å². The number of rotatable bonds is 3. The minimum atomic E-state index is -0.429. The Morgan fingerprint density at radius 1 is 1.50 bits per heavy atom. The fourth-order valence-electron chi connectivity index (χ4n) is 1.25. The van der Waals surface area contributed by atoms with Gasteiger partial charge < -0.3 is 4.74 Å². The lowest BCUT2D eigenvalue weighted by molar-refractivity contribution is -0.146.